The predicted octanol–water partition coefficient (Wildman–Crippen LogP) is 4.97. The maximum atomic E-state index is 5.65. The van der Waals surface area contributed by atoms with Crippen molar-refractivity contribution in [1.82, 2.24) is 0 Å². The number of hydrogen-bond acceptors (Lipinski definition) is 2. The highest BCUT2D eigenvalue weighted by Crippen LogP contribution is 2.42. The second-order valence-electron chi connectivity index (χ2n) is 5.30. The summed E-state index contributed by atoms with van der Waals surface area (Å²) in [5.41, 5.74) is 1.38. The molecule has 0 saturated carbocycles. The van der Waals surface area contributed by atoms with Crippen molar-refractivity contribution in [2.75, 3.05) is 13.2 Å². The number of rotatable bonds is 5. The zero-order valence-corrected chi connectivity index (χ0v) is 13.5. The molecule has 102 valence electrons. The fourth-order valence-corrected chi connectivity index (χ4v) is 2.01. The molecule has 1 rings (SSSR count). The third kappa shape index (κ3) is 3.91. The van der Waals surface area contributed by atoms with Crippen LogP contribution in [-0.2, 0) is 0 Å². The second kappa shape index (κ2) is 6.46. The van der Waals surface area contributed by atoms with Crippen LogP contribution >= 0.6 is 15.9 Å². The molecular formula is C15H23BrO2. The molecular weight excluding hydrogens is 292 g/mol. The van der Waals surface area contributed by atoms with Crippen molar-refractivity contribution in [2.24, 2.45) is 5.41 Å². The Kier molecular flexibility index (Phi) is 5.51. The Morgan fingerprint density at radius 3 is 2.11 bits per heavy atom. The van der Waals surface area contributed by atoms with Crippen molar-refractivity contribution in [3.8, 4) is 11.5 Å². The van der Waals surface area contributed by atoms with Crippen LogP contribution in [-0.4, -0.2) is 13.2 Å². The van der Waals surface area contributed by atoms with Crippen molar-refractivity contribution in [2.45, 2.75) is 39.4 Å². The molecule has 0 amide bonds. The molecule has 0 aliphatic heterocycles. The van der Waals surface area contributed by atoms with E-state index in [2.05, 4.69) is 48.8 Å². The number of hydrogen-bond donors (Lipinski definition) is 0. The molecule has 3 heteroatoms. The summed E-state index contributed by atoms with van der Waals surface area (Å²) in [5, 5.41) is 0. The van der Waals surface area contributed by atoms with Gasteiger partial charge in [0.25, 0.3) is 0 Å². The molecule has 0 bridgehead atoms. The van der Waals surface area contributed by atoms with Crippen molar-refractivity contribution >= 4 is 15.9 Å². The minimum absolute atomic E-state index is 0.163. The predicted molar refractivity (Wildman–Crippen MR) is 79.9 cm³/mol. The van der Waals surface area contributed by atoms with Crippen LogP contribution in [0.3, 0.4) is 0 Å². The van der Waals surface area contributed by atoms with Gasteiger partial charge in [-0.3, -0.25) is 0 Å². The van der Waals surface area contributed by atoms with Crippen molar-refractivity contribution < 1.29 is 9.47 Å². The topological polar surface area (TPSA) is 18.5 Å². The van der Waals surface area contributed by atoms with Gasteiger partial charge in [0.1, 0.15) is 0 Å². The first kappa shape index (κ1) is 15.4. The van der Waals surface area contributed by atoms with Crippen LogP contribution in [0, 0.1) is 5.41 Å². The van der Waals surface area contributed by atoms with Gasteiger partial charge in [-0.05, 0) is 37.0 Å². The number of benzene rings is 1. The van der Waals surface area contributed by atoms with Gasteiger partial charge in [-0.2, -0.15) is 0 Å². The molecule has 2 nitrogen and oxygen atoms in total. The number of halogens is 1. The molecule has 0 N–H and O–H groups in total. The quantitative estimate of drug-likeness (QED) is 0.715. The standard InChI is InChI=1S/C15H23BrO2/c1-6-17-12-9-8-11(10-13(12)18-7-2)14(16)15(3,4)5/h8-10,14H,6-7H2,1-5H3. The molecule has 0 spiro atoms. The monoisotopic (exact) mass is 314 g/mol. The SMILES string of the molecule is CCOc1ccc(C(Br)C(C)(C)C)cc1OCC. The average molecular weight is 315 g/mol. The lowest BCUT2D eigenvalue weighted by Crippen LogP contribution is -2.13. The largest absolute Gasteiger partial charge is 0.490 e. The van der Waals surface area contributed by atoms with Gasteiger partial charge in [0.15, 0.2) is 11.5 Å². The van der Waals surface area contributed by atoms with E-state index >= 15 is 0 Å². The zero-order valence-electron chi connectivity index (χ0n) is 11.9. The molecule has 0 aromatic heterocycles. The van der Waals surface area contributed by atoms with Crippen LogP contribution in [0.4, 0.5) is 0 Å². The van der Waals surface area contributed by atoms with Crippen LogP contribution < -0.4 is 9.47 Å². The van der Waals surface area contributed by atoms with E-state index in [1.807, 2.05) is 19.9 Å². The Labute approximate surface area is 119 Å². The van der Waals surface area contributed by atoms with Gasteiger partial charge >= 0.3 is 0 Å². The maximum Gasteiger partial charge on any atom is 0.161 e. The smallest absolute Gasteiger partial charge is 0.161 e. The molecule has 0 radical (unpaired) electrons. The molecule has 1 aromatic carbocycles. The lowest BCUT2D eigenvalue weighted by Gasteiger charge is -2.26. The molecule has 18 heavy (non-hydrogen) atoms. The summed E-state index contributed by atoms with van der Waals surface area (Å²) in [4.78, 5) is 0.292. The van der Waals surface area contributed by atoms with Gasteiger partial charge in [0.05, 0.1) is 13.2 Å². The summed E-state index contributed by atoms with van der Waals surface area (Å²) in [6, 6.07) is 6.15. The molecule has 0 aliphatic carbocycles. The Bertz CT molecular complexity index is 383. The van der Waals surface area contributed by atoms with E-state index in [1.165, 1.54) is 5.56 Å². The zero-order chi connectivity index (χ0) is 13.8. The van der Waals surface area contributed by atoms with Gasteiger partial charge in [-0.15, -0.1) is 0 Å². The van der Waals surface area contributed by atoms with Gasteiger partial charge in [-0.1, -0.05) is 42.8 Å². The molecule has 1 unspecified atom stereocenters. The highest BCUT2D eigenvalue weighted by molar-refractivity contribution is 9.09. The number of alkyl halides is 1. The van der Waals surface area contributed by atoms with Gasteiger partial charge in [0, 0.05) is 4.83 Å². The van der Waals surface area contributed by atoms with Gasteiger partial charge in [-0.25, -0.2) is 0 Å². The summed E-state index contributed by atoms with van der Waals surface area (Å²) in [6.45, 7) is 11.9. The summed E-state index contributed by atoms with van der Waals surface area (Å²) in [7, 11) is 0. The number of ether oxygens (including phenoxy) is 2. The van der Waals surface area contributed by atoms with E-state index in [9.17, 15) is 0 Å². The Morgan fingerprint density at radius 2 is 1.61 bits per heavy atom. The normalized spacial score (nSPS) is 13.2. The third-order valence-corrected chi connectivity index (χ3v) is 4.52. The first-order chi connectivity index (χ1) is 8.40. The first-order valence-electron chi connectivity index (χ1n) is 6.43. The van der Waals surface area contributed by atoms with E-state index in [4.69, 9.17) is 9.47 Å². The second-order valence-corrected chi connectivity index (χ2v) is 6.22. The fourth-order valence-electron chi connectivity index (χ4n) is 1.73. The van der Waals surface area contributed by atoms with Crippen LogP contribution in [0.25, 0.3) is 0 Å². The van der Waals surface area contributed by atoms with Crippen molar-refractivity contribution in [3.05, 3.63) is 23.8 Å². The fraction of sp³-hybridized carbons (Fsp3) is 0.600. The van der Waals surface area contributed by atoms with E-state index in [0.29, 0.717) is 18.0 Å². The molecule has 1 atom stereocenters. The molecule has 0 heterocycles. The van der Waals surface area contributed by atoms with Crippen molar-refractivity contribution in [3.63, 3.8) is 0 Å². The summed E-state index contributed by atoms with van der Waals surface area (Å²) >= 11 is 3.76. The average Bonchev–Trinajstić information content (AvgIpc) is 2.30. The summed E-state index contributed by atoms with van der Waals surface area (Å²) in [6.07, 6.45) is 0. The summed E-state index contributed by atoms with van der Waals surface area (Å²) in [5.74, 6) is 1.64. The highest BCUT2D eigenvalue weighted by Gasteiger charge is 2.24. The van der Waals surface area contributed by atoms with E-state index in [-0.39, 0.29) is 5.41 Å². The van der Waals surface area contributed by atoms with Crippen LogP contribution in [0.1, 0.15) is 45.0 Å². The van der Waals surface area contributed by atoms with Crippen molar-refractivity contribution in [1.29, 1.82) is 0 Å². The van der Waals surface area contributed by atoms with E-state index < -0.39 is 0 Å². The third-order valence-electron chi connectivity index (χ3n) is 2.62. The Morgan fingerprint density at radius 1 is 1.06 bits per heavy atom. The molecule has 1 aromatic rings. The lowest BCUT2D eigenvalue weighted by atomic mass is 9.88. The molecule has 0 saturated heterocycles. The van der Waals surface area contributed by atoms with E-state index in [0.717, 1.165) is 11.5 Å². The first-order valence-corrected chi connectivity index (χ1v) is 7.35. The minimum atomic E-state index is 0.163. The minimum Gasteiger partial charge on any atom is -0.490 e. The van der Waals surface area contributed by atoms with Gasteiger partial charge < -0.3 is 9.47 Å². The molecule has 0 fully saturated rings. The lowest BCUT2D eigenvalue weighted by molar-refractivity contribution is 0.287. The van der Waals surface area contributed by atoms with E-state index in [1.54, 1.807) is 0 Å². The van der Waals surface area contributed by atoms with Crippen LogP contribution in [0.5, 0.6) is 11.5 Å². The Hall–Kier alpha value is -0.700. The Balaban J connectivity index is 3.06. The maximum absolute atomic E-state index is 5.65. The van der Waals surface area contributed by atoms with Crippen LogP contribution in [0.2, 0.25) is 0 Å². The van der Waals surface area contributed by atoms with Gasteiger partial charge in [0.2, 0.25) is 0 Å². The van der Waals surface area contributed by atoms with Crippen LogP contribution in [0.15, 0.2) is 18.2 Å². The molecule has 0 aliphatic rings. The highest BCUT2D eigenvalue weighted by atomic mass is 79.9. The summed E-state index contributed by atoms with van der Waals surface area (Å²) < 4.78 is 11.2.